The van der Waals surface area contributed by atoms with Gasteiger partial charge in [0.05, 0.1) is 6.54 Å². The SMILES string of the molecule is CCCCCCCCCCCc1nccn1CCN(N)C=O. The summed E-state index contributed by atoms with van der Waals surface area (Å²) < 4.78 is 2.09. The third-order valence-electron chi connectivity index (χ3n) is 4.04. The van der Waals surface area contributed by atoms with E-state index in [9.17, 15) is 4.79 Å². The monoisotopic (exact) mass is 308 g/mol. The minimum Gasteiger partial charge on any atom is -0.333 e. The molecule has 0 unspecified atom stereocenters. The fraction of sp³-hybridized carbons (Fsp3) is 0.765. The number of amides is 1. The van der Waals surface area contributed by atoms with E-state index in [-0.39, 0.29) is 0 Å². The molecule has 1 aromatic rings. The van der Waals surface area contributed by atoms with Crippen molar-refractivity contribution in [1.82, 2.24) is 14.6 Å². The Morgan fingerprint density at radius 3 is 2.41 bits per heavy atom. The number of carbonyl (C=O) groups excluding carboxylic acids is 1. The average Bonchev–Trinajstić information content (AvgIpc) is 2.98. The first kappa shape index (κ1) is 18.7. The standard InChI is InChI=1S/C17H32N4O/c1-2-3-4-5-6-7-8-9-10-11-17-19-12-13-20(17)14-15-21(18)16-22/h12-13,16H,2-11,14-15,18H2,1H3. The molecule has 0 atom stereocenters. The highest BCUT2D eigenvalue weighted by Crippen LogP contribution is 2.11. The van der Waals surface area contributed by atoms with E-state index in [4.69, 9.17) is 5.84 Å². The largest absolute Gasteiger partial charge is 0.333 e. The van der Waals surface area contributed by atoms with E-state index in [1.165, 1.54) is 62.8 Å². The van der Waals surface area contributed by atoms with Crippen molar-refractivity contribution in [3.8, 4) is 0 Å². The minimum atomic E-state index is 0.518. The highest BCUT2D eigenvalue weighted by molar-refractivity contribution is 5.45. The molecule has 1 rings (SSSR count). The molecular formula is C17H32N4O. The number of aryl methyl sites for hydroxylation is 1. The maximum absolute atomic E-state index is 10.5. The first-order chi connectivity index (χ1) is 10.8. The van der Waals surface area contributed by atoms with Crippen LogP contribution in [0.15, 0.2) is 12.4 Å². The molecule has 126 valence electrons. The molecule has 22 heavy (non-hydrogen) atoms. The Morgan fingerprint density at radius 1 is 1.14 bits per heavy atom. The molecule has 0 aliphatic rings. The van der Waals surface area contributed by atoms with E-state index >= 15 is 0 Å². The Labute approximate surface area is 134 Å². The Hall–Kier alpha value is -1.36. The maximum atomic E-state index is 10.5. The van der Waals surface area contributed by atoms with Crippen LogP contribution < -0.4 is 5.84 Å². The van der Waals surface area contributed by atoms with Gasteiger partial charge < -0.3 is 4.57 Å². The van der Waals surface area contributed by atoms with Crippen LogP contribution >= 0.6 is 0 Å². The second-order valence-corrected chi connectivity index (χ2v) is 5.96. The number of hydrogen-bond donors (Lipinski definition) is 1. The lowest BCUT2D eigenvalue weighted by atomic mass is 10.1. The summed E-state index contributed by atoms with van der Waals surface area (Å²) in [7, 11) is 0. The zero-order valence-corrected chi connectivity index (χ0v) is 14.0. The molecule has 5 nitrogen and oxygen atoms in total. The van der Waals surface area contributed by atoms with Gasteiger partial charge in [-0.3, -0.25) is 9.80 Å². The Morgan fingerprint density at radius 2 is 1.77 bits per heavy atom. The smallest absolute Gasteiger partial charge is 0.223 e. The summed E-state index contributed by atoms with van der Waals surface area (Å²) in [5.74, 6) is 6.57. The predicted molar refractivity (Wildman–Crippen MR) is 90.1 cm³/mol. The number of hydrogen-bond acceptors (Lipinski definition) is 3. The number of aromatic nitrogens is 2. The van der Waals surface area contributed by atoms with Gasteiger partial charge in [-0.05, 0) is 6.42 Å². The van der Waals surface area contributed by atoms with Crippen LogP contribution in [0, 0.1) is 0 Å². The molecule has 0 aliphatic heterocycles. The molecular weight excluding hydrogens is 276 g/mol. The van der Waals surface area contributed by atoms with Gasteiger partial charge in [0.25, 0.3) is 0 Å². The number of hydrazine groups is 1. The first-order valence-electron chi connectivity index (χ1n) is 8.74. The zero-order chi connectivity index (χ0) is 16.0. The highest BCUT2D eigenvalue weighted by Gasteiger charge is 2.03. The summed E-state index contributed by atoms with van der Waals surface area (Å²) in [4.78, 5) is 14.9. The van der Waals surface area contributed by atoms with Gasteiger partial charge >= 0.3 is 0 Å². The second kappa shape index (κ2) is 12.2. The van der Waals surface area contributed by atoms with Crippen molar-refractivity contribution in [1.29, 1.82) is 0 Å². The minimum absolute atomic E-state index is 0.518. The summed E-state index contributed by atoms with van der Waals surface area (Å²) in [5.41, 5.74) is 0. The van der Waals surface area contributed by atoms with Crippen LogP contribution in [0.3, 0.4) is 0 Å². The summed E-state index contributed by atoms with van der Waals surface area (Å²) in [5, 5.41) is 1.17. The van der Waals surface area contributed by atoms with Gasteiger partial charge in [0.1, 0.15) is 5.82 Å². The molecule has 0 bridgehead atoms. The van der Waals surface area contributed by atoms with Crippen LogP contribution in [0.1, 0.15) is 70.5 Å². The predicted octanol–water partition coefficient (Wildman–Crippen LogP) is 3.29. The van der Waals surface area contributed by atoms with Gasteiger partial charge in [0, 0.05) is 25.4 Å². The quantitative estimate of drug-likeness (QED) is 0.189. The lowest BCUT2D eigenvalue weighted by Crippen LogP contribution is -2.32. The first-order valence-corrected chi connectivity index (χ1v) is 8.74. The highest BCUT2D eigenvalue weighted by atomic mass is 16.1. The van der Waals surface area contributed by atoms with Crippen LogP contribution in [0.2, 0.25) is 0 Å². The molecule has 2 N–H and O–H groups in total. The summed E-state index contributed by atoms with van der Waals surface area (Å²) >= 11 is 0. The number of imidazole rings is 1. The molecule has 0 radical (unpaired) electrons. The van der Waals surface area contributed by atoms with Gasteiger partial charge in [-0.25, -0.2) is 10.8 Å². The summed E-state index contributed by atoms with van der Waals surface area (Å²) in [6.07, 6.45) is 17.5. The van der Waals surface area contributed by atoms with Gasteiger partial charge in [0.2, 0.25) is 6.41 Å². The molecule has 0 saturated heterocycles. The number of rotatable bonds is 14. The second-order valence-electron chi connectivity index (χ2n) is 5.96. The van der Waals surface area contributed by atoms with Crippen molar-refractivity contribution in [3.05, 3.63) is 18.2 Å². The molecule has 0 saturated carbocycles. The molecule has 5 heteroatoms. The lowest BCUT2D eigenvalue weighted by Gasteiger charge is -2.12. The van der Waals surface area contributed by atoms with Gasteiger partial charge in [-0.1, -0.05) is 58.3 Å². The van der Waals surface area contributed by atoms with Crippen molar-refractivity contribution in [2.45, 2.75) is 77.7 Å². The Kier molecular flexibility index (Phi) is 10.4. The van der Waals surface area contributed by atoms with Crippen LogP contribution in [-0.4, -0.2) is 27.5 Å². The topological polar surface area (TPSA) is 64.2 Å². The van der Waals surface area contributed by atoms with E-state index in [0.717, 1.165) is 12.2 Å². The van der Waals surface area contributed by atoms with Gasteiger partial charge in [0.15, 0.2) is 0 Å². The third-order valence-corrected chi connectivity index (χ3v) is 4.04. The number of unbranched alkanes of at least 4 members (excludes halogenated alkanes) is 8. The van der Waals surface area contributed by atoms with Crippen molar-refractivity contribution in [2.24, 2.45) is 5.84 Å². The number of nitrogens with zero attached hydrogens (tertiary/aromatic N) is 3. The molecule has 0 fully saturated rings. The van der Waals surface area contributed by atoms with Gasteiger partial charge in [-0.15, -0.1) is 0 Å². The fourth-order valence-corrected chi connectivity index (χ4v) is 2.64. The molecule has 1 aromatic heterocycles. The summed E-state index contributed by atoms with van der Waals surface area (Å²) in [6.45, 7) is 3.49. The molecule has 0 spiro atoms. The fourth-order valence-electron chi connectivity index (χ4n) is 2.64. The van der Waals surface area contributed by atoms with Crippen molar-refractivity contribution < 1.29 is 4.79 Å². The lowest BCUT2D eigenvalue weighted by molar-refractivity contribution is -0.118. The van der Waals surface area contributed by atoms with Crippen molar-refractivity contribution in [3.63, 3.8) is 0 Å². The van der Waals surface area contributed by atoms with Crippen LogP contribution in [0.4, 0.5) is 0 Å². The normalized spacial score (nSPS) is 10.8. The molecule has 0 aliphatic carbocycles. The summed E-state index contributed by atoms with van der Waals surface area (Å²) in [6, 6.07) is 0. The van der Waals surface area contributed by atoms with E-state index < -0.39 is 0 Å². The maximum Gasteiger partial charge on any atom is 0.223 e. The van der Waals surface area contributed by atoms with Crippen molar-refractivity contribution in [2.75, 3.05) is 6.54 Å². The van der Waals surface area contributed by atoms with Crippen LogP contribution in [-0.2, 0) is 17.8 Å². The molecule has 1 amide bonds. The average molecular weight is 308 g/mol. The molecule has 0 aromatic carbocycles. The van der Waals surface area contributed by atoms with Crippen LogP contribution in [0.25, 0.3) is 0 Å². The molecule has 1 heterocycles. The van der Waals surface area contributed by atoms with E-state index in [1.54, 1.807) is 0 Å². The van der Waals surface area contributed by atoms with E-state index in [2.05, 4.69) is 16.5 Å². The van der Waals surface area contributed by atoms with Gasteiger partial charge in [-0.2, -0.15) is 0 Å². The van der Waals surface area contributed by atoms with Crippen molar-refractivity contribution >= 4 is 6.41 Å². The van der Waals surface area contributed by atoms with Crippen LogP contribution in [0.5, 0.6) is 0 Å². The Bertz CT molecular complexity index is 392. The van der Waals surface area contributed by atoms with E-state index in [1.807, 2.05) is 12.4 Å². The Balaban J connectivity index is 2.07. The van der Waals surface area contributed by atoms with E-state index in [0.29, 0.717) is 19.5 Å². The number of carbonyl (C=O) groups is 1. The third kappa shape index (κ3) is 8.17. The zero-order valence-electron chi connectivity index (χ0n) is 14.0. The number of nitrogens with two attached hydrogens (primary N) is 1.